The van der Waals surface area contributed by atoms with Gasteiger partial charge in [-0.2, -0.15) is 0 Å². The van der Waals surface area contributed by atoms with Crippen molar-refractivity contribution in [2.45, 2.75) is 65.5 Å². The summed E-state index contributed by atoms with van der Waals surface area (Å²) >= 11 is 6.11. The predicted octanol–water partition coefficient (Wildman–Crippen LogP) is 5.35. The fraction of sp³-hybridized carbons (Fsp3) is 0.462. The van der Waals surface area contributed by atoms with Crippen molar-refractivity contribution in [1.29, 1.82) is 0 Å². The summed E-state index contributed by atoms with van der Waals surface area (Å²) in [5.74, 6) is 0.181. The van der Waals surface area contributed by atoms with Crippen LogP contribution in [0, 0.1) is 0 Å². The van der Waals surface area contributed by atoms with Crippen LogP contribution in [0.2, 0.25) is 5.02 Å². The molecule has 0 bridgehead atoms. The Morgan fingerprint density at radius 1 is 1.12 bits per heavy atom. The van der Waals surface area contributed by atoms with E-state index in [0.29, 0.717) is 17.3 Å². The van der Waals surface area contributed by atoms with E-state index in [-0.39, 0.29) is 30.4 Å². The van der Waals surface area contributed by atoms with Gasteiger partial charge < -0.3 is 15.0 Å². The molecule has 1 N–H and O–H groups in total. The highest BCUT2D eigenvalue weighted by atomic mass is 35.5. The monoisotopic (exact) mass is 458 g/mol. The van der Waals surface area contributed by atoms with E-state index in [1.807, 2.05) is 36.4 Å². The van der Waals surface area contributed by atoms with E-state index in [1.54, 1.807) is 19.1 Å². The number of halogens is 1. The van der Waals surface area contributed by atoms with Gasteiger partial charge in [0.2, 0.25) is 5.91 Å². The SMILES string of the molecule is CCCCNC(=O)[C@@H](C)N(Cc1cccc(Cl)c1)C(=O)COc1ccc(C(C)(C)C)cc1. The molecule has 0 aliphatic rings. The third kappa shape index (κ3) is 7.86. The molecule has 0 aliphatic carbocycles. The zero-order valence-electron chi connectivity index (χ0n) is 19.8. The first-order valence-corrected chi connectivity index (χ1v) is 11.5. The minimum Gasteiger partial charge on any atom is -0.484 e. The molecule has 0 unspecified atom stereocenters. The predicted molar refractivity (Wildman–Crippen MR) is 130 cm³/mol. The molecule has 2 aromatic rings. The van der Waals surface area contributed by atoms with Crippen molar-refractivity contribution in [2.24, 2.45) is 0 Å². The normalized spacial score (nSPS) is 12.2. The summed E-state index contributed by atoms with van der Waals surface area (Å²) in [5.41, 5.74) is 2.09. The summed E-state index contributed by atoms with van der Waals surface area (Å²) in [6.45, 7) is 11.0. The van der Waals surface area contributed by atoms with Gasteiger partial charge in [0.1, 0.15) is 11.8 Å². The van der Waals surface area contributed by atoms with Crippen LogP contribution in [-0.2, 0) is 21.5 Å². The average molecular weight is 459 g/mol. The molecule has 2 aromatic carbocycles. The first kappa shape index (κ1) is 25.7. The first-order chi connectivity index (χ1) is 15.1. The number of nitrogens with one attached hydrogen (secondary N) is 1. The number of carbonyl (C=O) groups is 2. The Hall–Kier alpha value is -2.53. The quantitative estimate of drug-likeness (QED) is 0.488. The van der Waals surface area contributed by atoms with Crippen molar-refractivity contribution in [3.05, 3.63) is 64.7 Å². The second-order valence-corrected chi connectivity index (χ2v) is 9.47. The lowest BCUT2D eigenvalue weighted by Crippen LogP contribution is -2.49. The number of benzene rings is 2. The number of carbonyl (C=O) groups excluding carboxylic acids is 2. The standard InChI is InChI=1S/C26H35ClN2O3/c1-6-7-15-28-25(31)19(2)29(17-20-9-8-10-22(27)16-20)24(30)18-32-23-13-11-21(12-14-23)26(3,4)5/h8-14,16,19H,6-7,15,17-18H2,1-5H3,(H,28,31)/t19-/m1/s1. The van der Waals surface area contributed by atoms with E-state index in [2.05, 4.69) is 33.0 Å². The summed E-state index contributed by atoms with van der Waals surface area (Å²) < 4.78 is 5.76. The summed E-state index contributed by atoms with van der Waals surface area (Å²) in [6, 6.07) is 14.4. The van der Waals surface area contributed by atoms with Crippen molar-refractivity contribution in [3.8, 4) is 5.75 Å². The molecule has 0 saturated heterocycles. The molecule has 0 fully saturated rings. The third-order valence-electron chi connectivity index (χ3n) is 5.32. The van der Waals surface area contributed by atoms with Gasteiger partial charge in [-0.3, -0.25) is 9.59 Å². The van der Waals surface area contributed by atoms with Crippen molar-refractivity contribution in [2.75, 3.05) is 13.2 Å². The van der Waals surface area contributed by atoms with Gasteiger partial charge in [0, 0.05) is 18.1 Å². The molecule has 0 spiro atoms. The Morgan fingerprint density at radius 2 is 1.81 bits per heavy atom. The maximum absolute atomic E-state index is 13.1. The zero-order chi connectivity index (χ0) is 23.7. The second kappa shape index (κ2) is 11.9. The second-order valence-electron chi connectivity index (χ2n) is 9.04. The van der Waals surface area contributed by atoms with Crippen molar-refractivity contribution in [1.82, 2.24) is 10.2 Å². The highest BCUT2D eigenvalue weighted by Crippen LogP contribution is 2.24. The summed E-state index contributed by atoms with van der Waals surface area (Å²) in [4.78, 5) is 27.3. The number of amides is 2. The van der Waals surface area contributed by atoms with Crippen LogP contribution in [0.5, 0.6) is 5.75 Å². The average Bonchev–Trinajstić information content (AvgIpc) is 2.75. The van der Waals surface area contributed by atoms with Crippen molar-refractivity contribution in [3.63, 3.8) is 0 Å². The lowest BCUT2D eigenvalue weighted by Gasteiger charge is -2.29. The minimum atomic E-state index is -0.634. The van der Waals surface area contributed by atoms with Crippen molar-refractivity contribution < 1.29 is 14.3 Å². The lowest BCUT2D eigenvalue weighted by molar-refractivity contribution is -0.142. The molecule has 2 rings (SSSR count). The summed E-state index contributed by atoms with van der Waals surface area (Å²) in [7, 11) is 0. The molecule has 174 valence electrons. The van der Waals surface area contributed by atoms with Crippen LogP contribution in [0.3, 0.4) is 0 Å². The molecular weight excluding hydrogens is 424 g/mol. The zero-order valence-corrected chi connectivity index (χ0v) is 20.5. The van der Waals surface area contributed by atoms with E-state index in [4.69, 9.17) is 16.3 Å². The molecular formula is C26H35ClN2O3. The van der Waals surface area contributed by atoms with Gasteiger partial charge in [0.05, 0.1) is 0 Å². The van der Waals surface area contributed by atoms with Gasteiger partial charge in [-0.05, 0) is 54.2 Å². The molecule has 5 nitrogen and oxygen atoms in total. The molecule has 0 saturated carbocycles. The maximum Gasteiger partial charge on any atom is 0.261 e. The van der Waals surface area contributed by atoms with Crippen LogP contribution < -0.4 is 10.1 Å². The lowest BCUT2D eigenvalue weighted by atomic mass is 9.87. The highest BCUT2D eigenvalue weighted by Gasteiger charge is 2.26. The number of ether oxygens (including phenoxy) is 1. The van der Waals surface area contributed by atoms with E-state index >= 15 is 0 Å². The maximum atomic E-state index is 13.1. The number of hydrogen-bond donors (Lipinski definition) is 1. The molecule has 0 radical (unpaired) electrons. The molecule has 2 amide bonds. The van der Waals surface area contributed by atoms with Gasteiger partial charge in [-0.1, -0.05) is 70.0 Å². The van der Waals surface area contributed by atoms with Crippen LogP contribution in [0.1, 0.15) is 58.6 Å². The van der Waals surface area contributed by atoms with Crippen molar-refractivity contribution >= 4 is 23.4 Å². The van der Waals surface area contributed by atoms with Gasteiger partial charge in [0.25, 0.3) is 5.91 Å². The topological polar surface area (TPSA) is 58.6 Å². The number of unbranched alkanes of at least 4 members (excludes halogenated alkanes) is 1. The Kier molecular flexibility index (Phi) is 9.58. The third-order valence-corrected chi connectivity index (χ3v) is 5.56. The van der Waals surface area contributed by atoms with E-state index in [0.717, 1.165) is 18.4 Å². The van der Waals surface area contributed by atoms with Crippen LogP contribution in [0.15, 0.2) is 48.5 Å². The molecule has 6 heteroatoms. The van der Waals surface area contributed by atoms with E-state index in [9.17, 15) is 9.59 Å². The Balaban J connectivity index is 2.11. The number of rotatable bonds is 10. The smallest absolute Gasteiger partial charge is 0.261 e. The van der Waals surface area contributed by atoms with Crippen LogP contribution in [0.25, 0.3) is 0 Å². The Labute approximate surface area is 197 Å². The fourth-order valence-corrected chi connectivity index (χ4v) is 3.44. The summed E-state index contributed by atoms with van der Waals surface area (Å²) in [6.07, 6.45) is 1.88. The van der Waals surface area contributed by atoms with Gasteiger partial charge >= 0.3 is 0 Å². The van der Waals surface area contributed by atoms with Gasteiger partial charge in [-0.25, -0.2) is 0 Å². The number of nitrogens with zero attached hydrogens (tertiary/aromatic N) is 1. The number of hydrogen-bond acceptors (Lipinski definition) is 3. The molecule has 0 heterocycles. The van der Waals surface area contributed by atoms with Gasteiger partial charge in [-0.15, -0.1) is 0 Å². The Bertz CT molecular complexity index is 891. The molecule has 32 heavy (non-hydrogen) atoms. The Morgan fingerprint density at radius 3 is 2.41 bits per heavy atom. The molecule has 0 aliphatic heterocycles. The van der Waals surface area contributed by atoms with Crippen LogP contribution >= 0.6 is 11.6 Å². The minimum absolute atomic E-state index is 0.0443. The highest BCUT2D eigenvalue weighted by molar-refractivity contribution is 6.30. The van der Waals surface area contributed by atoms with Gasteiger partial charge in [0.15, 0.2) is 6.61 Å². The fourth-order valence-electron chi connectivity index (χ4n) is 3.23. The molecule has 0 aromatic heterocycles. The summed E-state index contributed by atoms with van der Waals surface area (Å²) in [5, 5.41) is 3.50. The van der Waals surface area contributed by atoms with Crippen LogP contribution in [0.4, 0.5) is 0 Å². The largest absolute Gasteiger partial charge is 0.484 e. The first-order valence-electron chi connectivity index (χ1n) is 11.2. The molecule has 1 atom stereocenters. The van der Waals surface area contributed by atoms with E-state index in [1.165, 1.54) is 10.5 Å². The van der Waals surface area contributed by atoms with Crippen LogP contribution in [-0.4, -0.2) is 35.9 Å². The van der Waals surface area contributed by atoms with E-state index < -0.39 is 6.04 Å².